The minimum Gasteiger partial charge on any atom is -0.350 e. The molecule has 0 aliphatic heterocycles. The number of urea groups is 1. The summed E-state index contributed by atoms with van der Waals surface area (Å²) in [5.41, 5.74) is 8.56. The van der Waals surface area contributed by atoms with Crippen LogP contribution in [-0.2, 0) is 0 Å². The van der Waals surface area contributed by atoms with Gasteiger partial charge in [-0.15, -0.1) is 5.10 Å². The van der Waals surface area contributed by atoms with E-state index in [2.05, 4.69) is 23.1 Å². The van der Waals surface area contributed by atoms with Crippen LogP contribution in [0.15, 0.2) is 5.10 Å². The van der Waals surface area contributed by atoms with Crippen LogP contribution in [-0.4, -0.2) is 11.2 Å². The van der Waals surface area contributed by atoms with E-state index < -0.39 is 6.03 Å². The summed E-state index contributed by atoms with van der Waals surface area (Å²) in [5, 5.41) is 5.06. The van der Waals surface area contributed by atoms with Crippen molar-refractivity contribution in [1.29, 1.82) is 0 Å². The highest BCUT2D eigenvalue weighted by molar-refractivity contribution is 7.78. The smallest absolute Gasteiger partial charge is 0.332 e. The summed E-state index contributed by atoms with van der Waals surface area (Å²) in [6.07, 6.45) is 0. The van der Waals surface area contributed by atoms with Gasteiger partial charge in [-0.25, -0.2) is 15.8 Å². The van der Waals surface area contributed by atoms with E-state index in [0.717, 1.165) is 0 Å². The van der Waals surface area contributed by atoms with Crippen molar-refractivity contribution in [3.63, 3.8) is 0 Å². The Morgan fingerprint density at radius 3 is 2.88 bits per heavy atom. The number of primary amides is 1. The predicted octanol–water partition coefficient (Wildman–Crippen LogP) is -0.823. The molecule has 0 heterocycles. The van der Waals surface area contributed by atoms with E-state index in [9.17, 15) is 4.79 Å². The summed E-state index contributed by atoms with van der Waals surface area (Å²) in [4.78, 5) is 9.80. The number of carbonyl (C=O) groups is 1. The van der Waals surface area contributed by atoms with Crippen LogP contribution in [0, 0.1) is 0 Å². The van der Waals surface area contributed by atoms with Crippen molar-refractivity contribution >= 4 is 23.4 Å². The lowest BCUT2D eigenvalue weighted by Crippen LogP contribution is -2.37. The molecule has 0 spiro atoms. The normalized spacial score (nSPS) is 6.50. The van der Waals surface area contributed by atoms with Gasteiger partial charge < -0.3 is 5.73 Å². The topological polar surface area (TPSA) is 79.5 Å². The first kappa shape index (κ1) is 6.87. The van der Waals surface area contributed by atoms with Gasteiger partial charge in [0, 0.05) is 0 Å². The molecule has 0 saturated carbocycles. The molecule has 0 atom stereocenters. The number of nitrogens with zero attached hydrogens (tertiary/aromatic N) is 1. The van der Waals surface area contributed by atoms with Crippen LogP contribution in [0.4, 0.5) is 4.79 Å². The fraction of sp³-hybridized carbons (Fsp3) is 0. The highest BCUT2D eigenvalue weighted by Gasteiger charge is 1.81. The summed E-state index contributed by atoms with van der Waals surface area (Å²) in [6, 6.07) is -0.723. The average Bonchev–Trinajstić information content (AvgIpc) is 1.66. The van der Waals surface area contributed by atoms with Crippen molar-refractivity contribution in [1.82, 2.24) is 11.0 Å². The molecule has 2 amide bonds. The van der Waals surface area contributed by atoms with E-state index in [1.165, 1.54) is 0 Å². The minimum atomic E-state index is -0.723. The van der Waals surface area contributed by atoms with E-state index in [4.69, 9.17) is 0 Å². The first-order valence-corrected chi connectivity index (χ1v) is 2.05. The first-order chi connectivity index (χ1) is 3.77. The van der Waals surface area contributed by atoms with E-state index in [-0.39, 0.29) is 0 Å². The Kier molecular flexibility index (Phi) is 3.47. The molecule has 44 valence electrons. The molecule has 0 aliphatic rings. The van der Waals surface area contributed by atoms with Gasteiger partial charge in [-0.3, -0.25) is 0 Å². The number of rotatable bonds is 2. The van der Waals surface area contributed by atoms with Gasteiger partial charge in [0.15, 0.2) is 0 Å². The number of nitrogens with one attached hydrogen (secondary N) is 2. The predicted molar refractivity (Wildman–Crippen MR) is 30.9 cm³/mol. The van der Waals surface area contributed by atoms with Gasteiger partial charge in [-0.05, 0) is 12.2 Å². The number of amides is 2. The SMILES string of the molecule is NC(=O)NNN=C=S. The molecule has 4 N–H and O–H groups in total. The third-order valence-electron chi connectivity index (χ3n) is 0.281. The average molecular weight is 132 g/mol. The molecule has 0 aromatic rings. The Hall–Kier alpha value is -1.13. The van der Waals surface area contributed by atoms with Crippen LogP contribution in [0.5, 0.6) is 0 Å². The minimum absolute atomic E-state index is 0.723. The number of carbonyl (C=O) groups excluding carboxylic acids is 1. The molecule has 0 aromatic carbocycles. The molecule has 0 unspecified atom stereocenters. The molecular formula is C2H4N4OS. The Labute approximate surface area is 50.9 Å². The largest absolute Gasteiger partial charge is 0.350 e. The summed E-state index contributed by atoms with van der Waals surface area (Å²) < 4.78 is 0. The maximum atomic E-state index is 9.80. The van der Waals surface area contributed by atoms with Gasteiger partial charge in [0.05, 0.1) is 5.16 Å². The van der Waals surface area contributed by atoms with Gasteiger partial charge in [0.2, 0.25) is 0 Å². The lowest BCUT2D eigenvalue weighted by Gasteiger charge is -1.93. The van der Waals surface area contributed by atoms with Crippen LogP contribution < -0.4 is 16.7 Å². The zero-order valence-corrected chi connectivity index (χ0v) is 4.66. The van der Waals surface area contributed by atoms with Crippen LogP contribution in [0.2, 0.25) is 0 Å². The number of isothiocyanates is 1. The number of hydrazone groups is 1. The fourth-order valence-corrected chi connectivity index (χ4v) is 0.152. The number of hydrazine groups is 1. The van der Waals surface area contributed by atoms with Crippen LogP contribution >= 0.6 is 12.2 Å². The van der Waals surface area contributed by atoms with E-state index in [1.54, 1.807) is 0 Å². The molecule has 0 radical (unpaired) electrons. The summed E-state index contributed by atoms with van der Waals surface area (Å²) in [6.45, 7) is 0. The molecule has 8 heavy (non-hydrogen) atoms. The van der Waals surface area contributed by atoms with E-state index in [1.807, 2.05) is 16.1 Å². The first-order valence-electron chi connectivity index (χ1n) is 1.64. The summed E-state index contributed by atoms with van der Waals surface area (Å²) in [5.74, 6) is 0. The lowest BCUT2D eigenvalue weighted by molar-refractivity contribution is 0.245. The molecule has 0 bridgehead atoms. The molecular weight excluding hydrogens is 128 g/mol. The molecule has 5 nitrogen and oxygen atoms in total. The Bertz CT molecular complexity index is 126. The van der Waals surface area contributed by atoms with Crippen molar-refractivity contribution in [2.45, 2.75) is 0 Å². The highest BCUT2D eigenvalue weighted by atomic mass is 32.1. The monoisotopic (exact) mass is 132 g/mol. The standard InChI is InChI=1S/C2H4N4OS/c3-2(7)5-6-4-1-8/h6H,(H3,3,5,7). The fourth-order valence-electron chi connectivity index (χ4n) is 0.106. The van der Waals surface area contributed by atoms with Crippen molar-refractivity contribution in [2.24, 2.45) is 10.8 Å². The van der Waals surface area contributed by atoms with Crippen molar-refractivity contribution in [3.8, 4) is 0 Å². The molecule has 0 rings (SSSR count). The van der Waals surface area contributed by atoms with Crippen molar-refractivity contribution in [2.75, 3.05) is 0 Å². The number of hydrogen-bond acceptors (Lipinski definition) is 4. The number of nitrogens with two attached hydrogens (primary N) is 1. The van der Waals surface area contributed by atoms with Crippen molar-refractivity contribution < 1.29 is 4.79 Å². The van der Waals surface area contributed by atoms with Gasteiger partial charge in [0.1, 0.15) is 0 Å². The second-order valence-electron chi connectivity index (χ2n) is 0.804. The maximum absolute atomic E-state index is 9.80. The second kappa shape index (κ2) is 4.04. The van der Waals surface area contributed by atoms with Crippen molar-refractivity contribution in [3.05, 3.63) is 0 Å². The molecule has 0 fully saturated rings. The van der Waals surface area contributed by atoms with Gasteiger partial charge in [0.25, 0.3) is 0 Å². The van der Waals surface area contributed by atoms with Gasteiger partial charge in [-0.2, -0.15) is 0 Å². The maximum Gasteiger partial charge on any atom is 0.332 e. The van der Waals surface area contributed by atoms with Crippen LogP contribution in [0.25, 0.3) is 0 Å². The van der Waals surface area contributed by atoms with Crippen LogP contribution in [0.1, 0.15) is 0 Å². The van der Waals surface area contributed by atoms with Crippen LogP contribution in [0.3, 0.4) is 0 Å². The van der Waals surface area contributed by atoms with E-state index in [0.29, 0.717) is 0 Å². The quantitative estimate of drug-likeness (QED) is 0.261. The van der Waals surface area contributed by atoms with Gasteiger partial charge in [-0.1, -0.05) is 0 Å². The molecule has 0 saturated heterocycles. The second-order valence-corrected chi connectivity index (χ2v) is 0.987. The highest BCUT2D eigenvalue weighted by Crippen LogP contribution is 1.48. The third-order valence-corrected chi connectivity index (χ3v) is 0.372. The molecule has 0 aliphatic carbocycles. The zero-order chi connectivity index (χ0) is 6.41. The Balaban J connectivity index is 3.18. The molecule has 0 aromatic heterocycles. The summed E-state index contributed by atoms with van der Waals surface area (Å²) in [7, 11) is 0. The lowest BCUT2D eigenvalue weighted by atomic mass is 11.1. The Morgan fingerprint density at radius 2 is 2.50 bits per heavy atom. The Morgan fingerprint density at radius 1 is 1.88 bits per heavy atom. The summed E-state index contributed by atoms with van der Waals surface area (Å²) >= 11 is 4.13. The number of hydrogen-bond donors (Lipinski definition) is 3. The molecule has 6 heteroatoms. The third kappa shape index (κ3) is 4.87. The van der Waals surface area contributed by atoms with Gasteiger partial charge >= 0.3 is 6.03 Å². The number of thiocarbonyl (C=S) groups is 1. The zero-order valence-electron chi connectivity index (χ0n) is 3.84. The van der Waals surface area contributed by atoms with E-state index >= 15 is 0 Å².